The molecule has 0 aliphatic rings. The third-order valence-electron chi connectivity index (χ3n) is 4.99. The Kier molecular flexibility index (Phi) is 8.25. The number of ether oxygens (including phenoxy) is 1. The van der Waals surface area contributed by atoms with Crippen LogP contribution >= 0.6 is 11.3 Å². The summed E-state index contributed by atoms with van der Waals surface area (Å²) in [6, 6.07) is 0.947. The molecule has 11 heteroatoms. The molecule has 4 N–H and O–H groups in total. The van der Waals surface area contributed by atoms with Gasteiger partial charge in [-0.15, -0.1) is 11.3 Å². The predicted octanol–water partition coefficient (Wildman–Crippen LogP) is 3.25. The number of aryl methyl sites for hydroxylation is 1. The molecule has 2 aromatic heterocycles. The highest BCUT2D eigenvalue weighted by atomic mass is 32.1. The van der Waals surface area contributed by atoms with Crippen molar-refractivity contribution in [2.45, 2.75) is 66.3 Å². The van der Waals surface area contributed by atoms with Crippen molar-refractivity contribution < 1.29 is 24.2 Å². The number of nitrogens with zero attached hydrogens (tertiary/aromatic N) is 2. The first-order chi connectivity index (χ1) is 15.2. The van der Waals surface area contributed by atoms with Crippen molar-refractivity contribution in [3.8, 4) is 11.3 Å². The molecular weight excluding hydrogens is 446 g/mol. The van der Waals surface area contributed by atoms with E-state index in [9.17, 15) is 19.5 Å². The van der Waals surface area contributed by atoms with E-state index in [4.69, 9.17) is 4.74 Å². The van der Waals surface area contributed by atoms with E-state index >= 15 is 0 Å². The minimum Gasteiger partial charge on any atom is -0.480 e. The van der Waals surface area contributed by atoms with Gasteiger partial charge >= 0.3 is 12.1 Å². The van der Waals surface area contributed by atoms with Crippen LogP contribution in [-0.2, 0) is 21.4 Å². The third kappa shape index (κ3) is 7.03. The Morgan fingerprint density at radius 1 is 1.21 bits per heavy atom. The van der Waals surface area contributed by atoms with Gasteiger partial charge in [-0.2, -0.15) is 0 Å². The number of thiazole rings is 1. The van der Waals surface area contributed by atoms with Crippen LogP contribution in [0.3, 0.4) is 0 Å². The smallest absolute Gasteiger partial charge is 0.409 e. The zero-order chi connectivity index (χ0) is 25.1. The van der Waals surface area contributed by atoms with Crippen LogP contribution < -0.4 is 16.0 Å². The van der Waals surface area contributed by atoms with Gasteiger partial charge in [-0.25, -0.2) is 9.78 Å². The Hall–Kier alpha value is -2.92. The van der Waals surface area contributed by atoms with E-state index in [1.54, 1.807) is 34.6 Å². The van der Waals surface area contributed by atoms with Crippen LogP contribution in [0.4, 0.5) is 9.93 Å². The number of amides is 2. The third-order valence-corrected chi connectivity index (χ3v) is 5.75. The summed E-state index contributed by atoms with van der Waals surface area (Å²) >= 11 is 1.23. The molecule has 0 aliphatic carbocycles. The van der Waals surface area contributed by atoms with Crippen molar-refractivity contribution in [1.82, 2.24) is 20.2 Å². The standard InChI is InChI=1S/C22H33N5O5S/c1-11(2)16(19(29)30)24-17(25-21(31)32-22(5,6)7)18(28)26-20-23-15(10-33-20)14-9-12(3)27(8)13(14)4/h9-11,16-17,24H,1-8H3,(H,25,31)(H,29,30)(H,23,26,28)/t16-,17+/m0/s1. The average molecular weight is 480 g/mol. The van der Waals surface area contributed by atoms with Crippen LogP contribution in [0, 0.1) is 19.8 Å². The van der Waals surface area contributed by atoms with E-state index in [-0.39, 0.29) is 5.92 Å². The highest BCUT2D eigenvalue weighted by Crippen LogP contribution is 2.29. The van der Waals surface area contributed by atoms with Gasteiger partial charge < -0.3 is 14.4 Å². The van der Waals surface area contributed by atoms with Crippen molar-refractivity contribution in [2.75, 3.05) is 5.32 Å². The predicted molar refractivity (Wildman–Crippen MR) is 127 cm³/mol. The highest BCUT2D eigenvalue weighted by Gasteiger charge is 2.31. The molecule has 2 amide bonds. The molecule has 0 bridgehead atoms. The lowest BCUT2D eigenvalue weighted by Gasteiger charge is -2.27. The summed E-state index contributed by atoms with van der Waals surface area (Å²) in [5.41, 5.74) is 3.01. The number of anilines is 1. The van der Waals surface area contributed by atoms with Gasteiger partial charge in [0.25, 0.3) is 5.91 Å². The Balaban J connectivity index is 2.23. The molecule has 0 fully saturated rings. The minimum atomic E-state index is -1.35. The summed E-state index contributed by atoms with van der Waals surface area (Å²) in [5.74, 6) is -2.14. The molecule has 0 saturated carbocycles. The van der Waals surface area contributed by atoms with Gasteiger partial charge in [-0.05, 0) is 46.6 Å². The fourth-order valence-electron chi connectivity index (χ4n) is 3.08. The molecule has 0 unspecified atom stereocenters. The molecule has 2 heterocycles. The Bertz CT molecular complexity index is 1020. The Labute approximate surface area is 197 Å². The SMILES string of the molecule is Cc1cc(-c2csc(NC(=O)[C@@H](NC(=O)OC(C)(C)C)N[C@H](C(=O)O)C(C)C)n2)c(C)n1C. The van der Waals surface area contributed by atoms with Crippen molar-refractivity contribution in [1.29, 1.82) is 0 Å². The van der Waals surface area contributed by atoms with Crippen molar-refractivity contribution in [3.05, 3.63) is 22.8 Å². The lowest BCUT2D eigenvalue weighted by atomic mass is 10.0. The second-order valence-electron chi connectivity index (χ2n) is 9.18. The lowest BCUT2D eigenvalue weighted by Crippen LogP contribution is -2.59. The van der Waals surface area contributed by atoms with Crippen LogP contribution in [0.5, 0.6) is 0 Å². The lowest BCUT2D eigenvalue weighted by molar-refractivity contribution is -0.141. The highest BCUT2D eigenvalue weighted by molar-refractivity contribution is 7.14. The van der Waals surface area contributed by atoms with E-state index in [0.717, 1.165) is 17.0 Å². The number of nitrogens with one attached hydrogen (secondary N) is 3. The first-order valence-corrected chi connectivity index (χ1v) is 11.5. The summed E-state index contributed by atoms with van der Waals surface area (Å²) in [7, 11) is 1.97. The number of carboxylic acids is 1. The number of alkyl carbamates (subject to hydrolysis) is 1. The number of hydrogen-bond acceptors (Lipinski definition) is 7. The van der Waals surface area contributed by atoms with Crippen molar-refractivity contribution in [2.24, 2.45) is 13.0 Å². The van der Waals surface area contributed by atoms with E-state index in [2.05, 4.69) is 25.5 Å². The molecule has 0 saturated heterocycles. The number of carbonyl (C=O) groups is 3. The number of carbonyl (C=O) groups excluding carboxylic acids is 2. The summed E-state index contributed by atoms with van der Waals surface area (Å²) < 4.78 is 7.28. The normalized spacial score (nSPS) is 13.5. The summed E-state index contributed by atoms with van der Waals surface area (Å²) in [5, 5.41) is 19.4. The molecule has 33 heavy (non-hydrogen) atoms. The summed E-state index contributed by atoms with van der Waals surface area (Å²) in [4.78, 5) is 41.4. The summed E-state index contributed by atoms with van der Waals surface area (Å²) in [6.45, 7) is 12.5. The fourth-order valence-corrected chi connectivity index (χ4v) is 3.80. The van der Waals surface area contributed by atoms with Crippen LogP contribution in [0.15, 0.2) is 11.4 Å². The van der Waals surface area contributed by atoms with Gasteiger partial charge in [-0.3, -0.25) is 25.5 Å². The number of rotatable bonds is 8. The zero-order valence-corrected chi connectivity index (χ0v) is 21.1. The molecule has 0 radical (unpaired) electrons. The van der Waals surface area contributed by atoms with Gasteiger partial charge in [0.05, 0.1) is 5.69 Å². The van der Waals surface area contributed by atoms with Crippen LogP contribution in [0.2, 0.25) is 0 Å². The van der Waals surface area contributed by atoms with Gasteiger partial charge in [0.1, 0.15) is 11.6 Å². The van der Waals surface area contributed by atoms with E-state index in [0.29, 0.717) is 10.8 Å². The number of aliphatic carboxylic acids is 1. The topological polar surface area (TPSA) is 135 Å². The van der Waals surface area contributed by atoms with Crippen LogP contribution in [-0.4, -0.2) is 50.4 Å². The Morgan fingerprint density at radius 3 is 2.33 bits per heavy atom. The first kappa shape index (κ1) is 26.3. The molecule has 2 aromatic rings. The molecule has 10 nitrogen and oxygen atoms in total. The molecule has 2 rings (SSSR count). The van der Waals surface area contributed by atoms with E-state index in [1.165, 1.54) is 11.3 Å². The number of aromatic nitrogens is 2. The average Bonchev–Trinajstić information content (AvgIpc) is 3.22. The fraction of sp³-hybridized carbons (Fsp3) is 0.545. The van der Waals surface area contributed by atoms with Gasteiger partial charge in [0, 0.05) is 29.4 Å². The van der Waals surface area contributed by atoms with Gasteiger partial charge in [0.15, 0.2) is 11.3 Å². The molecule has 0 aromatic carbocycles. The number of carboxylic acid groups (broad SMARTS) is 1. The molecule has 0 aliphatic heterocycles. The van der Waals surface area contributed by atoms with E-state index in [1.807, 2.05) is 32.3 Å². The van der Waals surface area contributed by atoms with Crippen molar-refractivity contribution in [3.63, 3.8) is 0 Å². The van der Waals surface area contributed by atoms with Crippen molar-refractivity contribution >= 4 is 34.4 Å². The molecule has 182 valence electrons. The molecule has 2 atom stereocenters. The summed E-state index contributed by atoms with van der Waals surface area (Å²) in [6.07, 6.45) is -2.20. The maximum atomic E-state index is 13.0. The van der Waals surface area contributed by atoms with E-state index < -0.39 is 35.8 Å². The quantitative estimate of drug-likeness (QED) is 0.427. The zero-order valence-electron chi connectivity index (χ0n) is 20.3. The first-order valence-electron chi connectivity index (χ1n) is 10.6. The monoisotopic (exact) mass is 479 g/mol. The molecule has 0 spiro atoms. The van der Waals surface area contributed by atoms with Crippen LogP contribution in [0.25, 0.3) is 11.3 Å². The second kappa shape index (κ2) is 10.3. The van der Waals surface area contributed by atoms with Crippen LogP contribution in [0.1, 0.15) is 46.0 Å². The Morgan fingerprint density at radius 2 is 1.85 bits per heavy atom. The maximum absolute atomic E-state index is 13.0. The molecular formula is C22H33N5O5S. The van der Waals surface area contributed by atoms with Gasteiger partial charge in [-0.1, -0.05) is 13.8 Å². The minimum absolute atomic E-state index is 0.324. The maximum Gasteiger partial charge on any atom is 0.409 e. The largest absolute Gasteiger partial charge is 0.480 e. The van der Waals surface area contributed by atoms with Gasteiger partial charge in [0.2, 0.25) is 0 Å². The number of hydrogen-bond donors (Lipinski definition) is 4. The second-order valence-corrected chi connectivity index (χ2v) is 10.0.